The van der Waals surface area contributed by atoms with Crippen molar-refractivity contribution in [1.82, 2.24) is 0 Å². The van der Waals surface area contributed by atoms with Gasteiger partial charge in [0.15, 0.2) is 0 Å². The first-order chi connectivity index (χ1) is 4.00. The van der Waals surface area contributed by atoms with Crippen LogP contribution < -0.4 is 5.73 Å². The van der Waals surface area contributed by atoms with Crippen LogP contribution in [0.2, 0.25) is 0 Å². The molecule has 0 spiro atoms. The average Bonchev–Trinajstić information content (AvgIpc) is 1.65. The standard InChI is InChI=1S/C6H12N2O/c1-6(2,4-8-3)5(7)9/h4H,1-3H3,(H2,7,9). The predicted octanol–water partition coefficient (Wildman–Crippen LogP) is 0.199. The second-order valence-corrected chi connectivity index (χ2v) is 2.47. The molecule has 0 unspecified atom stereocenters. The van der Waals surface area contributed by atoms with Crippen LogP contribution in [0.15, 0.2) is 4.99 Å². The summed E-state index contributed by atoms with van der Waals surface area (Å²) in [5.74, 6) is -0.354. The quantitative estimate of drug-likeness (QED) is 0.530. The number of nitrogens with zero attached hydrogens (tertiary/aromatic N) is 1. The van der Waals surface area contributed by atoms with E-state index in [1.54, 1.807) is 20.9 Å². The van der Waals surface area contributed by atoms with Crippen molar-refractivity contribution in [2.75, 3.05) is 7.05 Å². The number of primary amides is 1. The highest BCUT2D eigenvalue weighted by atomic mass is 16.1. The van der Waals surface area contributed by atoms with E-state index in [2.05, 4.69) is 4.99 Å². The molecular formula is C6H12N2O. The van der Waals surface area contributed by atoms with Gasteiger partial charge in [-0.2, -0.15) is 0 Å². The zero-order valence-corrected chi connectivity index (χ0v) is 6.01. The maximum Gasteiger partial charge on any atom is 0.228 e. The van der Waals surface area contributed by atoms with E-state index in [4.69, 9.17) is 5.73 Å². The number of nitrogens with two attached hydrogens (primary N) is 1. The first kappa shape index (κ1) is 8.14. The van der Waals surface area contributed by atoms with Crippen molar-refractivity contribution in [1.29, 1.82) is 0 Å². The summed E-state index contributed by atoms with van der Waals surface area (Å²) in [6.45, 7) is 3.45. The van der Waals surface area contributed by atoms with Crippen LogP contribution in [0, 0.1) is 5.41 Å². The molecule has 0 saturated heterocycles. The number of carbonyl (C=O) groups is 1. The fourth-order valence-electron chi connectivity index (χ4n) is 0.386. The zero-order chi connectivity index (χ0) is 7.49. The van der Waals surface area contributed by atoms with Gasteiger partial charge < -0.3 is 5.73 Å². The number of aliphatic imine (C=N–C) groups is 1. The highest BCUT2D eigenvalue weighted by Crippen LogP contribution is 2.08. The van der Waals surface area contributed by atoms with E-state index in [1.807, 2.05) is 0 Å². The molecule has 0 bridgehead atoms. The molecule has 0 aromatic heterocycles. The summed E-state index contributed by atoms with van der Waals surface area (Å²) in [4.78, 5) is 14.2. The first-order valence-corrected chi connectivity index (χ1v) is 2.74. The average molecular weight is 128 g/mol. The van der Waals surface area contributed by atoms with Crippen molar-refractivity contribution in [3.8, 4) is 0 Å². The SMILES string of the molecule is CN=CC(C)(C)C(N)=O. The van der Waals surface area contributed by atoms with Gasteiger partial charge in [0.05, 0.1) is 5.41 Å². The van der Waals surface area contributed by atoms with E-state index in [9.17, 15) is 4.79 Å². The molecule has 2 N–H and O–H groups in total. The summed E-state index contributed by atoms with van der Waals surface area (Å²) in [6, 6.07) is 0. The second-order valence-electron chi connectivity index (χ2n) is 2.47. The number of amides is 1. The Labute approximate surface area is 55.0 Å². The summed E-state index contributed by atoms with van der Waals surface area (Å²) in [6.07, 6.45) is 1.54. The molecule has 0 aromatic carbocycles. The summed E-state index contributed by atoms with van der Waals surface area (Å²) in [7, 11) is 1.62. The maximum absolute atomic E-state index is 10.5. The van der Waals surface area contributed by atoms with Gasteiger partial charge in [0.2, 0.25) is 5.91 Å². The van der Waals surface area contributed by atoms with Crippen molar-refractivity contribution in [2.24, 2.45) is 16.1 Å². The third-order valence-electron chi connectivity index (χ3n) is 1.09. The minimum Gasteiger partial charge on any atom is -0.369 e. The number of hydrogen-bond acceptors (Lipinski definition) is 2. The van der Waals surface area contributed by atoms with Gasteiger partial charge >= 0.3 is 0 Å². The predicted molar refractivity (Wildman–Crippen MR) is 37.4 cm³/mol. The van der Waals surface area contributed by atoms with Crippen LogP contribution in [0.5, 0.6) is 0 Å². The van der Waals surface area contributed by atoms with Crippen molar-refractivity contribution < 1.29 is 4.79 Å². The lowest BCUT2D eigenvalue weighted by molar-refractivity contribution is -0.122. The lowest BCUT2D eigenvalue weighted by atomic mass is 9.95. The number of carbonyl (C=O) groups excluding carboxylic acids is 1. The molecule has 0 saturated carbocycles. The van der Waals surface area contributed by atoms with Crippen LogP contribution in [0.3, 0.4) is 0 Å². The maximum atomic E-state index is 10.5. The lowest BCUT2D eigenvalue weighted by Crippen LogP contribution is -2.32. The van der Waals surface area contributed by atoms with E-state index < -0.39 is 5.41 Å². The summed E-state index contributed by atoms with van der Waals surface area (Å²) in [5.41, 5.74) is 4.42. The minimum atomic E-state index is -0.602. The Kier molecular flexibility index (Phi) is 2.37. The Morgan fingerprint density at radius 1 is 1.67 bits per heavy atom. The third kappa shape index (κ3) is 2.26. The fourth-order valence-corrected chi connectivity index (χ4v) is 0.386. The van der Waals surface area contributed by atoms with Crippen LogP contribution in [0.25, 0.3) is 0 Å². The summed E-state index contributed by atoms with van der Waals surface area (Å²) >= 11 is 0. The molecule has 0 fully saturated rings. The molecule has 3 heteroatoms. The van der Waals surface area contributed by atoms with Crippen molar-refractivity contribution in [3.63, 3.8) is 0 Å². The van der Waals surface area contributed by atoms with Crippen LogP contribution in [0.4, 0.5) is 0 Å². The van der Waals surface area contributed by atoms with E-state index in [-0.39, 0.29) is 5.91 Å². The smallest absolute Gasteiger partial charge is 0.228 e. The van der Waals surface area contributed by atoms with Crippen molar-refractivity contribution in [3.05, 3.63) is 0 Å². The van der Waals surface area contributed by atoms with Crippen molar-refractivity contribution >= 4 is 12.1 Å². The zero-order valence-electron chi connectivity index (χ0n) is 6.01. The molecule has 0 atom stereocenters. The number of rotatable bonds is 2. The molecule has 0 aliphatic rings. The molecule has 0 aromatic rings. The fraction of sp³-hybridized carbons (Fsp3) is 0.667. The highest BCUT2D eigenvalue weighted by molar-refractivity contribution is 5.96. The molecule has 0 rings (SSSR count). The van der Waals surface area contributed by atoms with E-state index >= 15 is 0 Å². The van der Waals surface area contributed by atoms with Crippen LogP contribution in [-0.4, -0.2) is 19.2 Å². The van der Waals surface area contributed by atoms with Gasteiger partial charge in [0, 0.05) is 13.3 Å². The Morgan fingerprint density at radius 3 is 2.22 bits per heavy atom. The lowest BCUT2D eigenvalue weighted by Gasteiger charge is -2.12. The first-order valence-electron chi connectivity index (χ1n) is 2.74. The normalized spacial score (nSPS) is 12.3. The Morgan fingerprint density at radius 2 is 2.11 bits per heavy atom. The van der Waals surface area contributed by atoms with E-state index in [0.717, 1.165) is 0 Å². The van der Waals surface area contributed by atoms with Gasteiger partial charge in [-0.1, -0.05) is 0 Å². The molecule has 1 amide bonds. The van der Waals surface area contributed by atoms with Crippen molar-refractivity contribution in [2.45, 2.75) is 13.8 Å². The molecule has 0 heterocycles. The molecular weight excluding hydrogens is 116 g/mol. The Hall–Kier alpha value is -0.860. The van der Waals surface area contributed by atoms with Gasteiger partial charge in [0.1, 0.15) is 0 Å². The van der Waals surface area contributed by atoms with Gasteiger partial charge in [0.25, 0.3) is 0 Å². The monoisotopic (exact) mass is 128 g/mol. The third-order valence-corrected chi connectivity index (χ3v) is 1.09. The van der Waals surface area contributed by atoms with Crippen LogP contribution >= 0.6 is 0 Å². The highest BCUT2D eigenvalue weighted by Gasteiger charge is 2.21. The summed E-state index contributed by atoms with van der Waals surface area (Å²) < 4.78 is 0. The molecule has 0 aliphatic carbocycles. The molecule has 0 aliphatic heterocycles. The Balaban J connectivity index is 4.19. The molecule has 3 nitrogen and oxygen atoms in total. The molecule has 52 valence electrons. The van der Waals surface area contributed by atoms with Crippen LogP contribution in [-0.2, 0) is 4.79 Å². The largest absolute Gasteiger partial charge is 0.369 e. The van der Waals surface area contributed by atoms with Crippen LogP contribution in [0.1, 0.15) is 13.8 Å². The topological polar surface area (TPSA) is 55.4 Å². The van der Waals surface area contributed by atoms with E-state index in [1.165, 1.54) is 6.21 Å². The van der Waals surface area contributed by atoms with Gasteiger partial charge in [-0.3, -0.25) is 9.79 Å². The minimum absolute atomic E-state index is 0.354. The molecule has 0 radical (unpaired) electrons. The summed E-state index contributed by atoms with van der Waals surface area (Å²) in [5, 5.41) is 0. The second kappa shape index (κ2) is 2.62. The van der Waals surface area contributed by atoms with Gasteiger partial charge in [-0.15, -0.1) is 0 Å². The van der Waals surface area contributed by atoms with E-state index in [0.29, 0.717) is 0 Å². The number of hydrogen-bond donors (Lipinski definition) is 1. The van der Waals surface area contributed by atoms with Gasteiger partial charge in [-0.25, -0.2) is 0 Å². The molecule has 9 heavy (non-hydrogen) atoms. The van der Waals surface area contributed by atoms with Gasteiger partial charge in [-0.05, 0) is 13.8 Å². The Bertz CT molecular complexity index is 138.